The number of thioether (sulfide) groups is 1. The molecule has 15 heavy (non-hydrogen) atoms. The molecule has 1 aromatic carbocycles. The molecule has 0 heterocycles. The number of anilines is 1. The van der Waals surface area contributed by atoms with E-state index in [4.69, 9.17) is 17.2 Å². The van der Waals surface area contributed by atoms with E-state index in [1.165, 1.54) is 11.8 Å². The molecule has 0 aliphatic carbocycles. The van der Waals surface area contributed by atoms with Crippen molar-refractivity contribution in [3.8, 4) is 0 Å². The maximum Gasteiger partial charge on any atom is 0.235 e. The predicted molar refractivity (Wildman–Crippen MR) is 66.4 cm³/mol. The van der Waals surface area contributed by atoms with Crippen LogP contribution in [0.25, 0.3) is 0 Å². The van der Waals surface area contributed by atoms with Crippen LogP contribution in [0.1, 0.15) is 0 Å². The summed E-state index contributed by atoms with van der Waals surface area (Å²) in [4.78, 5) is 11.6. The van der Waals surface area contributed by atoms with Crippen molar-refractivity contribution in [1.82, 2.24) is 0 Å². The van der Waals surface area contributed by atoms with Crippen molar-refractivity contribution in [2.45, 2.75) is 10.9 Å². The summed E-state index contributed by atoms with van der Waals surface area (Å²) < 4.78 is 0.920. The molecule has 0 aliphatic rings. The second kappa shape index (κ2) is 5.39. The lowest BCUT2D eigenvalue weighted by molar-refractivity contribution is -0.118. The average Bonchev–Trinajstić information content (AvgIpc) is 2.15. The molecular formula is C9H12BrN3OS. The Morgan fingerprint density at radius 1 is 1.53 bits per heavy atom. The second-order valence-electron chi connectivity index (χ2n) is 3.00. The molecule has 1 atom stereocenters. The van der Waals surface area contributed by atoms with Crippen LogP contribution in [-0.2, 0) is 4.79 Å². The Kier molecular flexibility index (Phi) is 4.44. The molecule has 0 fully saturated rings. The number of rotatable bonds is 4. The lowest BCUT2D eigenvalue weighted by Crippen LogP contribution is -2.38. The number of halogens is 1. The van der Waals surface area contributed by atoms with Gasteiger partial charge < -0.3 is 17.2 Å². The molecule has 0 saturated carbocycles. The molecule has 1 amide bonds. The Labute approximate surface area is 101 Å². The van der Waals surface area contributed by atoms with Gasteiger partial charge in [0.1, 0.15) is 0 Å². The third kappa shape index (κ3) is 3.73. The van der Waals surface area contributed by atoms with Crippen LogP contribution in [0.4, 0.5) is 5.69 Å². The molecule has 0 aliphatic heterocycles. The zero-order valence-corrected chi connectivity index (χ0v) is 10.3. The minimum absolute atomic E-state index is 0.432. The first-order valence-corrected chi connectivity index (χ1v) is 6.01. The molecule has 0 spiro atoms. The highest BCUT2D eigenvalue weighted by atomic mass is 79.9. The average molecular weight is 290 g/mol. The van der Waals surface area contributed by atoms with Crippen LogP contribution in [-0.4, -0.2) is 17.7 Å². The van der Waals surface area contributed by atoms with Crippen molar-refractivity contribution >= 4 is 39.3 Å². The Hall–Kier alpha value is -0.720. The fraction of sp³-hybridized carbons (Fsp3) is 0.222. The van der Waals surface area contributed by atoms with Crippen LogP contribution >= 0.6 is 27.7 Å². The number of carbonyl (C=O) groups excluding carboxylic acids is 1. The van der Waals surface area contributed by atoms with Crippen LogP contribution in [0.15, 0.2) is 27.6 Å². The highest BCUT2D eigenvalue weighted by molar-refractivity contribution is 9.10. The van der Waals surface area contributed by atoms with Gasteiger partial charge >= 0.3 is 0 Å². The molecule has 0 saturated heterocycles. The summed E-state index contributed by atoms with van der Waals surface area (Å²) in [6.07, 6.45) is 0. The zero-order valence-electron chi connectivity index (χ0n) is 7.94. The van der Waals surface area contributed by atoms with Crippen molar-refractivity contribution in [2.75, 3.05) is 11.5 Å². The van der Waals surface area contributed by atoms with Crippen molar-refractivity contribution < 1.29 is 4.79 Å². The number of nitrogens with two attached hydrogens (primary N) is 3. The maximum absolute atomic E-state index is 10.7. The summed E-state index contributed by atoms with van der Waals surface area (Å²) in [5.74, 6) is -0.0700. The van der Waals surface area contributed by atoms with Gasteiger partial charge in [0.05, 0.1) is 6.04 Å². The monoisotopic (exact) mass is 289 g/mol. The van der Waals surface area contributed by atoms with E-state index in [9.17, 15) is 4.79 Å². The van der Waals surface area contributed by atoms with Gasteiger partial charge in [-0.2, -0.15) is 0 Å². The standard InChI is InChI=1S/C9H12BrN3OS/c10-5-1-2-8(6(11)3-5)15-4-7(12)9(13)14/h1-3,7H,4,11-12H2,(H2,13,14). The molecule has 0 bridgehead atoms. The number of benzene rings is 1. The minimum Gasteiger partial charge on any atom is -0.398 e. The smallest absolute Gasteiger partial charge is 0.235 e. The van der Waals surface area contributed by atoms with Gasteiger partial charge in [-0.3, -0.25) is 4.79 Å². The van der Waals surface area contributed by atoms with Crippen molar-refractivity contribution in [2.24, 2.45) is 11.5 Å². The van der Waals surface area contributed by atoms with Crippen LogP contribution in [0.5, 0.6) is 0 Å². The quantitative estimate of drug-likeness (QED) is 0.568. The third-order valence-corrected chi connectivity index (χ3v) is 3.46. The first-order chi connectivity index (χ1) is 7.00. The Balaban J connectivity index is 2.62. The van der Waals surface area contributed by atoms with E-state index in [0.29, 0.717) is 11.4 Å². The maximum atomic E-state index is 10.7. The lowest BCUT2D eigenvalue weighted by Gasteiger charge is -2.08. The number of primary amides is 1. The van der Waals surface area contributed by atoms with E-state index in [1.54, 1.807) is 6.07 Å². The highest BCUT2D eigenvalue weighted by Crippen LogP contribution is 2.27. The van der Waals surface area contributed by atoms with E-state index in [0.717, 1.165) is 9.37 Å². The fourth-order valence-corrected chi connectivity index (χ4v) is 2.20. The summed E-state index contributed by atoms with van der Waals surface area (Å²) in [7, 11) is 0. The summed E-state index contributed by atoms with van der Waals surface area (Å²) in [5.41, 5.74) is 17.0. The molecule has 4 nitrogen and oxygen atoms in total. The first kappa shape index (κ1) is 12.4. The van der Waals surface area contributed by atoms with E-state index in [-0.39, 0.29) is 0 Å². The summed E-state index contributed by atoms with van der Waals surface area (Å²) >= 11 is 4.73. The van der Waals surface area contributed by atoms with Crippen LogP contribution in [0.3, 0.4) is 0 Å². The van der Waals surface area contributed by atoms with E-state index in [1.807, 2.05) is 12.1 Å². The van der Waals surface area contributed by atoms with Crippen LogP contribution < -0.4 is 17.2 Å². The number of carbonyl (C=O) groups is 1. The van der Waals surface area contributed by atoms with Gasteiger partial charge in [-0.25, -0.2) is 0 Å². The highest BCUT2D eigenvalue weighted by Gasteiger charge is 2.10. The SMILES string of the molecule is NC(=O)C(N)CSc1ccc(Br)cc1N. The Morgan fingerprint density at radius 2 is 2.20 bits per heavy atom. The number of nitrogen functional groups attached to an aromatic ring is 1. The topological polar surface area (TPSA) is 95.1 Å². The second-order valence-corrected chi connectivity index (χ2v) is 4.98. The number of amides is 1. The summed E-state index contributed by atoms with van der Waals surface area (Å²) in [6, 6.07) is 4.92. The number of hydrogen-bond donors (Lipinski definition) is 3. The normalized spacial score (nSPS) is 12.4. The van der Waals surface area contributed by atoms with Crippen LogP contribution in [0, 0.1) is 0 Å². The van der Waals surface area contributed by atoms with Crippen LogP contribution in [0.2, 0.25) is 0 Å². The summed E-state index contributed by atoms with van der Waals surface area (Å²) in [6.45, 7) is 0. The number of hydrogen-bond acceptors (Lipinski definition) is 4. The Bertz CT molecular complexity index is 372. The molecule has 6 N–H and O–H groups in total. The molecule has 1 aromatic rings. The first-order valence-electron chi connectivity index (χ1n) is 4.23. The van der Waals surface area contributed by atoms with Gasteiger partial charge in [-0.15, -0.1) is 11.8 Å². The van der Waals surface area contributed by atoms with Gasteiger partial charge in [-0.05, 0) is 18.2 Å². The van der Waals surface area contributed by atoms with Gasteiger partial charge in [0.2, 0.25) is 5.91 Å². The Morgan fingerprint density at radius 3 is 2.73 bits per heavy atom. The lowest BCUT2D eigenvalue weighted by atomic mass is 10.3. The van der Waals surface area contributed by atoms with Gasteiger partial charge in [0.25, 0.3) is 0 Å². The molecule has 1 unspecified atom stereocenters. The zero-order chi connectivity index (χ0) is 11.4. The third-order valence-electron chi connectivity index (χ3n) is 1.76. The minimum atomic E-state index is -0.641. The predicted octanol–water partition coefficient (Wildman–Crippen LogP) is 0.936. The molecular weight excluding hydrogens is 278 g/mol. The molecule has 0 radical (unpaired) electrons. The van der Waals surface area contributed by atoms with Crippen molar-refractivity contribution in [1.29, 1.82) is 0 Å². The summed E-state index contributed by atoms with van der Waals surface area (Å²) in [5, 5.41) is 0. The van der Waals surface area contributed by atoms with Crippen molar-refractivity contribution in [3.05, 3.63) is 22.7 Å². The molecule has 82 valence electrons. The molecule has 6 heteroatoms. The van der Waals surface area contributed by atoms with E-state index < -0.39 is 11.9 Å². The van der Waals surface area contributed by atoms with Gasteiger partial charge in [-0.1, -0.05) is 15.9 Å². The van der Waals surface area contributed by atoms with Gasteiger partial charge in [0, 0.05) is 20.8 Å². The van der Waals surface area contributed by atoms with Gasteiger partial charge in [0.15, 0.2) is 0 Å². The molecule has 0 aromatic heterocycles. The van der Waals surface area contributed by atoms with E-state index >= 15 is 0 Å². The molecule has 1 rings (SSSR count). The van der Waals surface area contributed by atoms with Crippen molar-refractivity contribution in [3.63, 3.8) is 0 Å². The largest absolute Gasteiger partial charge is 0.398 e. The van der Waals surface area contributed by atoms with E-state index in [2.05, 4.69) is 15.9 Å². The fourth-order valence-electron chi connectivity index (χ4n) is 0.912.